The largest absolute Gasteiger partial charge is 0.368 e. The maximum Gasteiger partial charge on any atom is 0.0522 e. The Morgan fingerprint density at radius 3 is 2.94 bits per heavy atom. The molecule has 1 N–H and O–H groups in total. The molecule has 0 bridgehead atoms. The van der Waals surface area contributed by atoms with Crippen molar-refractivity contribution >= 4 is 37.5 Å². The Labute approximate surface area is 126 Å². The third-order valence-corrected chi connectivity index (χ3v) is 4.95. The normalized spacial score (nSPS) is 22.0. The van der Waals surface area contributed by atoms with Crippen molar-refractivity contribution in [2.75, 3.05) is 24.5 Å². The van der Waals surface area contributed by atoms with E-state index in [1.807, 2.05) is 0 Å². The first-order valence-corrected chi connectivity index (χ1v) is 8.13. The van der Waals surface area contributed by atoms with E-state index in [1.165, 1.54) is 16.6 Å². The van der Waals surface area contributed by atoms with Crippen LogP contribution in [0.5, 0.6) is 0 Å². The number of rotatable bonds is 3. The SMILES string of the molecule is CCC(C)C1CN(c2cc(Br)ccc2Br)CCN1. The summed E-state index contributed by atoms with van der Waals surface area (Å²) in [5, 5.41) is 3.63. The van der Waals surface area contributed by atoms with Crippen LogP contribution in [-0.2, 0) is 0 Å². The fraction of sp³-hybridized carbons (Fsp3) is 0.571. The summed E-state index contributed by atoms with van der Waals surface area (Å²) in [4.78, 5) is 2.47. The van der Waals surface area contributed by atoms with E-state index in [0.717, 1.165) is 30.0 Å². The smallest absolute Gasteiger partial charge is 0.0522 e. The summed E-state index contributed by atoms with van der Waals surface area (Å²) >= 11 is 7.21. The topological polar surface area (TPSA) is 15.3 Å². The summed E-state index contributed by atoms with van der Waals surface area (Å²) in [6.45, 7) is 7.82. The number of hydrogen-bond acceptors (Lipinski definition) is 2. The van der Waals surface area contributed by atoms with Gasteiger partial charge in [0.2, 0.25) is 0 Å². The molecule has 1 aliphatic heterocycles. The second-order valence-corrected chi connectivity index (χ2v) is 6.76. The second-order valence-electron chi connectivity index (χ2n) is 4.99. The quantitative estimate of drug-likeness (QED) is 0.857. The number of halogens is 2. The predicted molar refractivity (Wildman–Crippen MR) is 85.3 cm³/mol. The van der Waals surface area contributed by atoms with Crippen molar-refractivity contribution < 1.29 is 0 Å². The zero-order chi connectivity index (χ0) is 13.1. The van der Waals surface area contributed by atoms with Crippen LogP contribution < -0.4 is 10.2 Å². The van der Waals surface area contributed by atoms with E-state index in [2.05, 4.69) is 74.1 Å². The van der Waals surface area contributed by atoms with Gasteiger partial charge in [-0.05, 0) is 40.0 Å². The molecular formula is C14H20Br2N2. The number of piperazine rings is 1. The molecule has 2 unspecified atom stereocenters. The van der Waals surface area contributed by atoms with Crippen molar-refractivity contribution in [1.82, 2.24) is 5.32 Å². The lowest BCUT2D eigenvalue weighted by Crippen LogP contribution is -2.53. The third kappa shape index (κ3) is 3.28. The van der Waals surface area contributed by atoms with Gasteiger partial charge in [0.05, 0.1) is 5.69 Å². The van der Waals surface area contributed by atoms with Crippen LogP contribution in [0.3, 0.4) is 0 Å². The summed E-state index contributed by atoms with van der Waals surface area (Å²) in [5.74, 6) is 0.721. The lowest BCUT2D eigenvalue weighted by atomic mass is 9.97. The molecule has 0 amide bonds. The highest BCUT2D eigenvalue weighted by Crippen LogP contribution is 2.30. The van der Waals surface area contributed by atoms with E-state index in [9.17, 15) is 0 Å². The van der Waals surface area contributed by atoms with Gasteiger partial charge < -0.3 is 10.2 Å². The van der Waals surface area contributed by atoms with Gasteiger partial charge in [-0.2, -0.15) is 0 Å². The highest BCUT2D eigenvalue weighted by Gasteiger charge is 2.24. The zero-order valence-electron chi connectivity index (χ0n) is 10.9. The molecule has 0 radical (unpaired) electrons. The van der Waals surface area contributed by atoms with E-state index in [4.69, 9.17) is 0 Å². The molecule has 2 rings (SSSR count). The molecular weight excluding hydrogens is 356 g/mol. The summed E-state index contributed by atoms with van der Waals surface area (Å²) < 4.78 is 2.31. The van der Waals surface area contributed by atoms with Crippen LogP contribution in [0.1, 0.15) is 20.3 Å². The average molecular weight is 376 g/mol. The van der Waals surface area contributed by atoms with E-state index in [-0.39, 0.29) is 0 Å². The Morgan fingerprint density at radius 2 is 2.22 bits per heavy atom. The zero-order valence-corrected chi connectivity index (χ0v) is 14.1. The molecule has 2 atom stereocenters. The lowest BCUT2D eigenvalue weighted by molar-refractivity contribution is 0.341. The van der Waals surface area contributed by atoms with E-state index in [1.54, 1.807) is 0 Å². The van der Waals surface area contributed by atoms with Gasteiger partial charge in [0, 0.05) is 34.6 Å². The molecule has 100 valence electrons. The third-order valence-electron chi connectivity index (χ3n) is 3.79. The molecule has 2 nitrogen and oxygen atoms in total. The molecule has 18 heavy (non-hydrogen) atoms. The first-order chi connectivity index (χ1) is 8.61. The Hall–Kier alpha value is -0.0600. The molecule has 1 aliphatic rings. The highest BCUT2D eigenvalue weighted by molar-refractivity contribution is 9.11. The Bertz CT molecular complexity index is 409. The summed E-state index contributed by atoms with van der Waals surface area (Å²) in [7, 11) is 0. The minimum absolute atomic E-state index is 0.592. The molecule has 0 saturated carbocycles. The van der Waals surface area contributed by atoms with Gasteiger partial charge in [-0.15, -0.1) is 0 Å². The maximum atomic E-state index is 3.66. The standard InChI is InChI=1S/C14H20Br2N2/c1-3-10(2)13-9-18(7-6-17-13)14-8-11(15)4-5-12(14)16/h4-5,8,10,13,17H,3,6-7,9H2,1-2H3. The Kier molecular flexibility index (Phi) is 5.10. The van der Waals surface area contributed by atoms with E-state index < -0.39 is 0 Å². The molecule has 0 aromatic heterocycles. The van der Waals surface area contributed by atoms with Crippen LogP contribution in [0.25, 0.3) is 0 Å². The molecule has 0 aliphatic carbocycles. The Morgan fingerprint density at radius 1 is 1.44 bits per heavy atom. The first-order valence-electron chi connectivity index (χ1n) is 6.55. The number of hydrogen-bond donors (Lipinski definition) is 1. The van der Waals surface area contributed by atoms with Crippen molar-refractivity contribution in [1.29, 1.82) is 0 Å². The van der Waals surface area contributed by atoms with Gasteiger partial charge in [-0.1, -0.05) is 36.2 Å². The van der Waals surface area contributed by atoms with Gasteiger partial charge in [-0.25, -0.2) is 0 Å². The highest BCUT2D eigenvalue weighted by atomic mass is 79.9. The number of nitrogens with one attached hydrogen (secondary N) is 1. The van der Waals surface area contributed by atoms with Gasteiger partial charge >= 0.3 is 0 Å². The van der Waals surface area contributed by atoms with Gasteiger partial charge in [0.25, 0.3) is 0 Å². The van der Waals surface area contributed by atoms with Crippen LogP contribution >= 0.6 is 31.9 Å². The molecule has 1 aromatic carbocycles. The summed E-state index contributed by atoms with van der Waals surface area (Å²) in [6.07, 6.45) is 1.23. The van der Waals surface area contributed by atoms with Crippen molar-refractivity contribution in [3.63, 3.8) is 0 Å². The molecule has 1 fully saturated rings. The summed E-state index contributed by atoms with van der Waals surface area (Å²) in [5.41, 5.74) is 1.29. The van der Waals surface area contributed by atoms with Crippen molar-refractivity contribution in [2.45, 2.75) is 26.3 Å². The number of nitrogens with zero attached hydrogens (tertiary/aromatic N) is 1. The van der Waals surface area contributed by atoms with Crippen LogP contribution in [-0.4, -0.2) is 25.7 Å². The Balaban J connectivity index is 2.15. The number of anilines is 1. The molecule has 1 saturated heterocycles. The van der Waals surface area contributed by atoms with E-state index >= 15 is 0 Å². The fourth-order valence-electron chi connectivity index (χ4n) is 2.39. The lowest BCUT2D eigenvalue weighted by Gasteiger charge is -2.38. The van der Waals surface area contributed by atoms with Gasteiger partial charge in [0.15, 0.2) is 0 Å². The van der Waals surface area contributed by atoms with Crippen molar-refractivity contribution in [3.8, 4) is 0 Å². The van der Waals surface area contributed by atoms with Gasteiger partial charge in [0.1, 0.15) is 0 Å². The predicted octanol–water partition coefficient (Wildman–Crippen LogP) is 4.04. The molecule has 1 aromatic rings. The minimum Gasteiger partial charge on any atom is -0.368 e. The van der Waals surface area contributed by atoms with Crippen molar-refractivity contribution in [3.05, 3.63) is 27.1 Å². The molecule has 0 spiro atoms. The van der Waals surface area contributed by atoms with Crippen molar-refractivity contribution in [2.24, 2.45) is 5.92 Å². The van der Waals surface area contributed by atoms with E-state index in [0.29, 0.717) is 6.04 Å². The average Bonchev–Trinajstić information content (AvgIpc) is 2.40. The second kappa shape index (κ2) is 6.40. The monoisotopic (exact) mass is 374 g/mol. The van der Waals surface area contributed by atoms with Gasteiger partial charge in [-0.3, -0.25) is 0 Å². The summed E-state index contributed by atoms with van der Waals surface area (Å²) in [6, 6.07) is 6.97. The minimum atomic E-state index is 0.592. The van der Waals surface area contributed by atoms with Crippen LogP contribution in [0.15, 0.2) is 27.1 Å². The first kappa shape index (κ1) is 14.4. The fourth-order valence-corrected chi connectivity index (χ4v) is 3.24. The number of benzene rings is 1. The van der Waals surface area contributed by atoms with Crippen LogP contribution in [0, 0.1) is 5.92 Å². The van der Waals surface area contributed by atoms with Crippen LogP contribution in [0.2, 0.25) is 0 Å². The van der Waals surface area contributed by atoms with Crippen LogP contribution in [0.4, 0.5) is 5.69 Å². The molecule has 4 heteroatoms. The maximum absolute atomic E-state index is 3.66. The molecule has 1 heterocycles.